The first-order chi connectivity index (χ1) is 49.1. The number of nitrogens with two attached hydrogens (primary N) is 1. The molecule has 10 N–H and O–H groups in total. The van der Waals surface area contributed by atoms with Crippen molar-refractivity contribution in [3.05, 3.63) is 185 Å². The molecule has 12 aromatic rings. The molecule has 2 spiro atoms. The van der Waals surface area contributed by atoms with Gasteiger partial charge in [0.05, 0.1) is 21.6 Å². The number of aromatic amines is 2. The van der Waals surface area contributed by atoms with E-state index in [4.69, 9.17) is 99.2 Å². The molecule has 0 radical (unpaired) electrons. The van der Waals surface area contributed by atoms with E-state index in [2.05, 4.69) is 82.8 Å². The number of anilines is 2. The fraction of sp³-hybridized carbons (Fsp3) is 0.267. The highest BCUT2D eigenvalue weighted by molar-refractivity contribution is 9.10. The average molecular weight is 1510 g/mol. The van der Waals surface area contributed by atoms with Crippen LogP contribution in [0, 0.1) is 17.8 Å². The molecule has 6 aromatic carbocycles. The molecule has 20 rings (SSSR count). The number of nitrogens with one attached hydrogen (secondary N) is 7. The lowest BCUT2D eigenvalue weighted by Crippen LogP contribution is -2.52. The van der Waals surface area contributed by atoms with Gasteiger partial charge in [0.2, 0.25) is 29.5 Å². The normalized spacial score (nSPS) is 22.5. The summed E-state index contributed by atoms with van der Waals surface area (Å²) in [6.07, 6.45) is -2.21. The van der Waals surface area contributed by atoms with Gasteiger partial charge in [0, 0.05) is 73.0 Å². The Bertz CT molecular complexity index is 5690. The summed E-state index contributed by atoms with van der Waals surface area (Å²) in [5, 5.41) is 29.7. The van der Waals surface area contributed by atoms with Gasteiger partial charge in [-0.25, -0.2) is 9.97 Å². The van der Waals surface area contributed by atoms with Crippen molar-refractivity contribution >= 4 is 113 Å². The predicted octanol–water partition coefficient (Wildman–Crippen LogP) is 14.8. The molecule has 3 amide bonds. The van der Waals surface area contributed by atoms with Crippen LogP contribution in [-0.2, 0) is 38.1 Å². The van der Waals surface area contributed by atoms with Gasteiger partial charge >= 0.3 is 0 Å². The number of halogens is 5. The number of fused-ring (bicyclic) bond motifs is 14. The van der Waals surface area contributed by atoms with Gasteiger partial charge < -0.3 is 74.5 Å². The lowest BCUT2D eigenvalue weighted by Gasteiger charge is -2.29. The number of ether oxygens (including phenoxy) is 2. The third kappa shape index (κ3) is 8.75. The van der Waals surface area contributed by atoms with Crippen LogP contribution in [0.25, 0.3) is 89.9 Å². The fourth-order valence-corrected chi connectivity index (χ4v) is 18.0. The van der Waals surface area contributed by atoms with Crippen LogP contribution in [0.5, 0.6) is 11.5 Å². The van der Waals surface area contributed by atoms with Gasteiger partial charge in [0.15, 0.2) is 57.2 Å². The number of aliphatic hydroxyl groups excluding tert-OH is 1. The number of para-hydroxylation sites is 2. The zero-order chi connectivity index (χ0) is 70.2. The molecule has 8 aliphatic heterocycles. The third-order valence-electron chi connectivity index (χ3n) is 21.2. The number of oxazole rings is 4. The van der Waals surface area contributed by atoms with Crippen molar-refractivity contribution in [1.29, 1.82) is 0 Å². The second kappa shape index (κ2) is 22.5. The van der Waals surface area contributed by atoms with Crippen molar-refractivity contribution in [3.8, 4) is 79.6 Å². The number of nitrogens with zero attached hydrogens (tertiary/aromatic N) is 4. The monoisotopic (exact) mass is 1510 g/mol. The van der Waals surface area contributed by atoms with Gasteiger partial charge in [-0.3, -0.25) is 14.4 Å². The molecule has 0 aliphatic carbocycles. The molecule has 0 fully saturated rings. The van der Waals surface area contributed by atoms with Crippen LogP contribution in [0.4, 0.5) is 11.4 Å². The molecule has 5 unspecified atom stereocenters. The number of carbonyl (C=O) groups is 3. The van der Waals surface area contributed by atoms with Crippen molar-refractivity contribution in [2.24, 2.45) is 23.5 Å². The van der Waals surface area contributed by atoms with E-state index >= 15 is 0 Å². The van der Waals surface area contributed by atoms with Crippen molar-refractivity contribution in [2.75, 3.05) is 10.6 Å². The molecule has 20 bridgehead atoms. The second-order valence-electron chi connectivity index (χ2n) is 28.2. The van der Waals surface area contributed by atoms with E-state index in [1.54, 1.807) is 13.8 Å². The summed E-state index contributed by atoms with van der Waals surface area (Å²) in [6, 6.07) is 30.8. The molecule has 14 heterocycles. The van der Waals surface area contributed by atoms with E-state index in [1.165, 1.54) is 0 Å². The zero-order valence-corrected chi connectivity index (χ0v) is 59.5. The molecule has 27 heteroatoms. The number of H-pyrrole nitrogens is 2. The summed E-state index contributed by atoms with van der Waals surface area (Å²) >= 11 is 31.4. The molecular formula is C75H59BrCl4N12O10. The Morgan fingerprint density at radius 3 is 1.66 bits per heavy atom. The Kier molecular flexibility index (Phi) is 13.9. The Morgan fingerprint density at radius 1 is 0.598 bits per heavy atom. The molecule has 102 heavy (non-hydrogen) atoms. The second-order valence-corrected chi connectivity index (χ2v) is 30.5. The number of amides is 3. The molecule has 0 saturated carbocycles. The standard InChI is InChI=1S/C40H34Cl2N6O6.C35H25BrCl2N6O4/c1-15(2)27-37-46-29-32(54-37)40-20-9-5-8-19(18-7-6-10-22-25(18)26(33(41)43-22)31-34(42)48-38(29)53-31)28(20)47-39(40)52-24-12-11-17(13-21(24)40)14-23(35(50)45-27)44-36(51)30(49)16(3)4;1-12(2)23-32-42-25-28(48-32)35-16-7-3-6-15(14-5-4-8-20-21(14)22(29(37)40-20)27-30(38)44-33(25)46-27)24(16)43-34(35)47-26-17(35)9-13(10-18(26)36)11-19(39)31(45)41-23/h5-13,15-16,23,27,30,39,43,47,49H,14H2,1-4H3,(H,44,51)(H,45,50);3-10,12,19,23,34,40,43H,11,39H2,1-2H3,(H,41,45)/t23-,27-,30?,39?,40?;19-,23-,34?,35?/m00/s1. The lowest BCUT2D eigenvalue weighted by molar-refractivity contribution is -0.136. The number of aromatic nitrogens is 6. The van der Waals surface area contributed by atoms with Crippen LogP contribution in [0.3, 0.4) is 0 Å². The Hall–Kier alpha value is -9.59. The smallest absolute Gasteiger partial charge is 0.250 e. The number of carbonyl (C=O) groups excluding carboxylic acids is 3. The number of benzene rings is 6. The highest BCUT2D eigenvalue weighted by Gasteiger charge is 2.64. The number of aliphatic hydroxyl groups is 1. The number of hydrogen-bond acceptors (Lipinski definition) is 17. The first-order valence-electron chi connectivity index (χ1n) is 33.5. The van der Waals surface area contributed by atoms with E-state index in [9.17, 15) is 19.5 Å². The van der Waals surface area contributed by atoms with Gasteiger partial charge in [0.1, 0.15) is 56.9 Å². The van der Waals surface area contributed by atoms with Gasteiger partial charge in [-0.1, -0.05) is 167 Å². The molecule has 514 valence electrons. The van der Waals surface area contributed by atoms with Crippen LogP contribution in [0.1, 0.15) is 110 Å². The quantitative estimate of drug-likeness (QED) is 0.0773. The summed E-state index contributed by atoms with van der Waals surface area (Å²) < 4.78 is 41.4. The van der Waals surface area contributed by atoms with E-state index < -0.39 is 65.4 Å². The highest BCUT2D eigenvalue weighted by atomic mass is 79.9. The molecule has 0 saturated heterocycles. The summed E-state index contributed by atoms with van der Waals surface area (Å²) in [7, 11) is 0. The van der Waals surface area contributed by atoms with Crippen LogP contribution < -0.4 is 41.8 Å². The third-order valence-corrected chi connectivity index (χ3v) is 22.9. The molecule has 6 aromatic heterocycles. The van der Waals surface area contributed by atoms with Gasteiger partial charge in [-0.05, 0) is 86.6 Å². The Labute approximate surface area is 608 Å². The van der Waals surface area contributed by atoms with Crippen molar-refractivity contribution < 1.29 is 46.6 Å². The van der Waals surface area contributed by atoms with Crippen LogP contribution in [0.2, 0.25) is 20.6 Å². The van der Waals surface area contributed by atoms with Gasteiger partial charge in [-0.15, -0.1) is 0 Å². The van der Waals surface area contributed by atoms with E-state index in [-0.39, 0.29) is 75.4 Å². The minimum absolute atomic E-state index is 0.0872. The Balaban J connectivity index is 0.000000142. The largest absolute Gasteiger partial charge is 0.469 e. The number of hydrogen-bond donors (Lipinski definition) is 9. The number of rotatable bonds is 5. The summed E-state index contributed by atoms with van der Waals surface area (Å²) in [5.74, 6) is 1.30. The highest BCUT2D eigenvalue weighted by Crippen LogP contribution is 2.65. The van der Waals surface area contributed by atoms with Gasteiger partial charge in [0.25, 0.3) is 11.8 Å². The van der Waals surface area contributed by atoms with Crippen molar-refractivity contribution in [1.82, 2.24) is 45.9 Å². The lowest BCUT2D eigenvalue weighted by atomic mass is 9.72. The molecule has 22 nitrogen and oxygen atoms in total. The summed E-state index contributed by atoms with van der Waals surface area (Å²) in [4.78, 5) is 67.1. The van der Waals surface area contributed by atoms with Crippen molar-refractivity contribution in [3.63, 3.8) is 0 Å². The first kappa shape index (κ1) is 63.3. The van der Waals surface area contributed by atoms with E-state index in [0.717, 1.165) is 93.3 Å². The van der Waals surface area contributed by atoms with Crippen LogP contribution in [-0.4, -0.2) is 83.4 Å². The van der Waals surface area contributed by atoms with E-state index in [0.29, 0.717) is 62.3 Å². The Morgan fingerprint density at radius 2 is 1.11 bits per heavy atom. The predicted molar refractivity (Wildman–Crippen MR) is 386 cm³/mol. The first-order valence-corrected chi connectivity index (χ1v) is 35.8. The minimum Gasteiger partial charge on any atom is -0.469 e. The maximum Gasteiger partial charge on any atom is 0.250 e. The average Bonchev–Trinajstić information content (AvgIpc) is 1.52. The van der Waals surface area contributed by atoms with Gasteiger partial charge in [-0.2, -0.15) is 9.97 Å². The summed E-state index contributed by atoms with van der Waals surface area (Å²) in [5.41, 5.74) is 18.0. The van der Waals surface area contributed by atoms with Crippen molar-refractivity contribution in [2.45, 2.75) is 108 Å². The maximum absolute atomic E-state index is 14.2. The summed E-state index contributed by atoms with van der Waals surface area (Å²) in [6.45, 7) is 11.3. The van der Waals surface area contributed by atoms with Crippen LogP contribution >= 0.6 is 62.3 Å². The SMILES string of the molecule is CC(C)C(O)C(=O)N[C@H]1Cc2ccc3c(c2)C24c5cccc(c5NC2O3)-c2cccc3[nH]c(Cl)c(c23)-c2oc(nc2Cl)-c2nc(oc24)[C@H](C(C)C)NC1=O.CC(C)[C@@H]1NC(=O)[C@@H](N)Cc2cc(Br)c3c(c2)C24c5cccc(c5NC2O3)-c2cccc3[nH]c(Cl)c(c23)-c2oc(nc2Cl)-c2nc1oc24. The maximum atomic E-state index is 14.2. The fourth-order valence-electron chi connectivity index (χ4n) is 16.4. The topological polar surface area (TPSA) is 312 Å². The molecule has 9 atom stereocenters. The minimum atomic E-state index is -1.30. The zero-order valence-electron chi connectivity index (χ0n) is 54.9. The van der Waals surface area contributed by atoms with Crippen LogP contribution in [0.15, 0.2) is 125 Å². The molecule has 8 aliphatic rings. The van der Waals surface area contributed by atoms with E-state index in [1.807, 2.05) is 100 Å². The molecular weight excluding hydrogens is 1450 g/mol.